The lowest BCUT2D eigenvalue weighted by Crippen LogP contribution is -2.63. The summed E-state index contributed by atoms with van der Waals surface area (Å²) >= 11 is 0. The molecule has 15 heavy (non-hydrogen) atoms. The first-order valence-corrected chi connectivity index (χ1v) is 4.86. The molecule has 0 amide bonds. The van der Waals surface area contributed by atoms with Crippen LogP contribution in [0.5, 0.6) is 0 Å². The SMILES string of the molecule is CN[C@@H]1[C@@H](O)[C@@H](OC)[C@@H](COC)O[C@@H]1O. The number of hydrogen-bond acceptors (Lipinski definition) is 6. The van der Waals surface area contributed by atoms with E-state index in [4.69, 9.17) is 14.2 Å². The van der Waals surface area contributed by atoms with Crippen LogP contribution in [-0.2, 0) is 14.2 Å². The van der Waals surface area contributed by atoms with Gasteiger partial charge in [0.15, 0.2) is 6.29 Å². The topological polar surface area (TPSA) is 80.2 Å². The number of ether oxygens (including phenoxy) is 3. The summed E-state index contributed by atoms with van der Waals surface area (Å²) in [6.07, 6.45) is -2.86. The van der Waals surface area contributed by atoms with Crippen LogP contribution in [0, 0.1) is 0 Å². The van der Waals surface area contributed by atoms with Crippen LogP contribution in [-0.4, -0.2) is 68.7 Å². The first kappa shape index (κ1) is 12.8. The molecule has 0 aliphatic carbocycles. The van der Waals surface area contributed by atoms with Gasteiger partial charge in [0.25, 0.3) is 0 Å². The van der Waals surface area contributed by atoms with E-state index in [-0.39, 0.29) is 6.61 Å². The number of nitrogens with one attached hydrogen (secondary N) is 1. The molecule has 5 atom stereocenters. The largest absolute Gasteiger partial charge is 0.388 e. The summed E-state index contributed by atoms with van der Waals surface area (Å²) in [5.74, 6) is 0. The van der Waals surface area contributed by atoms with Crippen LogP contribution in [0.25, 0.3) is 0 Å². The third kappa shape index (κ3) is 2.66. The highest BCUT2D eigenvalue weighted by Crippen LogP contribution is 2.21. The zero-order valence-electron chi connectivity index (χ0n) is 9.21. The second-order valence-corrected chi connectivity index (χ2v) is 3.53. The van der Waals surface area contributed by atoms with Crippen LogP contribution >= 0.6 is 0 Å². The highest BCUT2D eigenvalue weighted by atomic mass is 16.6. The van der Waals surface area contributed by atoms with Crippen molar-refractivity contribution in [3.63, 3.8) is 0 Å². The van der Waals surface area contributed by atoms with Gasteiger partial charge in [0.05, 0.1) is 12.6 Å². The van der Waals surface area contributed by atoms with Crippen LogP contribution in [0.3, 0.4) is 0 Å². The van der Waals surface area contributed by atoms with E-state index in [2.05, 4.69) is 5.32 Å². The van der Waals surface area contributed by atoms with Gasteiger partial charge in [-0.15, -0.1) is 0 Å². The molecule has 90 valence electrons. The standard InChI is InChI=1S/C9H19NO5/c1-10-6-7(11)8(14-3)5(4-13-2)15-9(6)12/h5-12H,4H2,1-3H3/t5-,6-,7-,8+,9+/m1/s1. The lowest BCUT2D eigenvalue weighted by molar-refractivity contribution is -0.260. The Morgan fingerprint density at radius 3 is 2.47 bits per heavy atom. The zero-order valence-corrected chi connectivity index (χ0v) is 9.21. The third-order valence-corrected chi connectivity index (χ3v) is 2.63. The Hall–Kier alpha value is -0.240. The van der Waals surface area contributed by atoms with Gasteiger partial charge in [-0.05, 0) is 7.05 Å². The van der Waals surface area contributed by atoms with E-state index in [1.54, 1.807) is 7.05 Å². The lowest BCUT2D eigenvalue weighted by atomic mass is 9.97. The van der Waals surface area contributed by atoms with E-state index >= 15 is 0 Å². The lowest BCUT2D eigenvalue weighted by Gasteiger charge is -2.41. The molecule has 6 nitrogen and oxygen atoms in total. The van der Waals surface area contributed by atoms with Crippen molar-refractivity contribution in [2.24, 2.45) is 0 Å². The highest BCUT2D eigenvalue weighted by molar-refractivity contribution is 4.93. The van der Waals surface area contributed by atoms with Crippen LogP contribution in [0.4, 0.5) is 0 Å². The quantitative estimate of drug-likeness (QED) is 0.526. The molecular formula is C9H19NO5. The molecule has 3 N–H and O–H groups in total. The maximum Gasteiger partial charge on any atom is 0.173 e. The van der Waals surface area contributed by atoms with Crippen LogP contribution in [0.15, 0.2) is 0 Å². The number of methoxy groups -OCH3 is 2. The number of aliphatic hydroxyl groups is 2. The average molecular weight is 221 g/mol. The molecule has 6 heteroatoms. The molecule has 0 bridgehead atoms. The van der Waals surface area contributed by atoms with Crippen molar-refractivity contribution in [3.05, 3.63) is 0 Å². The fourth-order valence-corrected chi connectivity index (χ4v) is 1.84. The zero-order chi connectivity index (χ0) is 11.4. The van der Waals surface area contributed by atoms with Crippen LogP contribution < -0.4 is 5.32 Å². The van der Waals surface area contributed by atoms with Gasteiger partial charge in [-0.3, -0.25) is 0 Å². The monoisotopic (exact) mass is 221 g/mol. The Morgan fingerprint density at radius 1 is 1.33 bits per heavy atom. The van der Waals surface area contributed by atoms with Gasteiger partial charge >= 0.3 is 0 Å². The van der Waals surface area contributed by atoms with E-state index < -0.39 is 30.6 Å². The van der Waals surface area contributed by atoms with Crippen molar-refractivity contribution in [3.8, 4) is 0 Å². The molecule has 1 heterocycles. The summed E-state index contributed by atoms with van der Waals surface area (Å²) in [6, 6.07) is -0.553. The molecule has 1 aliphatic rings. The molecule has 1 fully saturated rings. The maximum atomic E-state index is 9.91. The fraction of sp³-hybridized carbons (Fsp3) is 1.00. The second kappa shape index (κ2) is 5.74. The van der Waals surface area contributed by atoms with Crippen molar-refractivity contribution < 1.29 is 24.4 Å². The average Bonchev–Trinajstić information content (AvgIpc) is 2.19. The predicted molar refractivity (Wildman–Crippen MR) is 52.4 cm³/mol. The molecule has 0 spiro atoms. The molecule has 0 aromatic heterocycles. The molecular weight excluding hydrogens is 202 g/mol. The van der Waals surface area contributed by atoms with Gasteiger partial charge in [-0.1, -0.05) is 0 Å². The second-order valence-electron chi connectivity index (χ2n) is 3.53. The predicted octanol–water partition coefficient (Wildman–Crippen LogP) is -1.69. The van der Waals surface area contributed by atoms with Crippen LogP contribution in [0.2, 0.25) is 0 Å². The summed E-state index contributed by atoms with van der Waals surface area (Å²) in [5.41, 5.74) is 0. The summed E-state index contributed by atoms with van der Waals surface area (Å²) in [7, 11) is 4.66. The summed E-state index contributed by atoms with van der Waals surface area (Å²) < 4.78 is 15.4. The molecule has 1 aliphatic heterocycles. The van der Waals surface area contributed by atoms with Gasteiger partial charge in [0, 0.05) is 14.2 Å². The molecule has 0 unspecified atom stereocenters. The van der Waals surface area contributed by atoms with Crippen molar-refractivity contribution in [2.75, 3.05) is 27.9 Å². The molecule has 0 radical (unpaired) electrons. The molecule has 1 saturated heterocycles. The fourth-order valence-electron chi connectivity index (χ4n) is 1.84. The minimum Gasteiger partial charge on any atom is -0.388 e. The first-order valence-electron chi connectivity index (χ1n) is 4.86. The summed E-state index contributed by atoms with van der Waals surface area (Å²) in [4.78, 5) is 0. The van der Waals surface area contributed by atoms with Crippen LogP contribution in [0.1, 0.15) is 0 Å². The summed E-state index contributed by atoms with van der Waals surface area (Å²) in [6.45, 7) is 0.267. The van der Waals surface area contributed by atoms with Crippen molar-refractivity contribution >= 4 is 0 Å². The molecule has 0 aromatic carbocycles. The summed E-state index contributed by atoms with van der Waals surface area (Å²) in [5, 5.41) is 22.3. The van der Waals surface area contributed by atoms with E-state index in [1.807, 2.05) is 0 Å². The van der Waals surface area contributed by atoms with Gasteiger partial charge in [0.1, 0.15) is 18.3 Å². The van der Waals surface area contributed by atoms with E-state index in [9.17, 15) is 10.2 Å². The van der Waals surface area contributed by atoms with E-state index in [0.717, 1.165) is 0 Å². The van der Waals surface area contributed by atoms with Crippen molar-refractivity contribution in [1.29, 1.82) is 0 Å². The smallest absolute Gasteiger partial charge is 0.173 e. The number of rotatable bonds is 4. The minimum absolute atomic E-state index is 0.267. The Kier molecular flexibility index (Phi) is 4.91. The van der Waals surface area contributed by atoms with Crippen molar-refractivity contribution in [2.45, 2.75) is 30.6 Å². The Bertz CT molecular complexity index is 189. The Morgan fingerprint density at radius 2 is 2.00 bits per heavy atom. The first-order chi connectivity index (χ1) is 7.15. The normalized spacial score (nSPS) is 41.8. The molecule has 0 aromatic rings. The molecule has 0 saturated carbocycles. The van der Waals surface area contributed by atoms with E-state index in [1.165, 1.54) is 14.2 Å². The van der Waals surface area contributed by atoms with Gasteiger partial charge in [-0.25, -0.2) is 0 Å². The highest BCUT2D eigenvalue weighted by Gasteiger charge is 2.44. The Labute approximate surface area is 89.1 Å². The number of hydrogen-bond donors (Lipinski definition) is 3. The van der Waals surface area contributed by atoms with Gasteiger partial charge in [-0.2, -0.15) is 0 Å². The van der Waals surface area contributed by atoms with E-state index in [0.29, 0.717) is 0 Å². The van der Waals surface area contributed by atoms with Gasteiger partial charge < -0.3 is 29.7 Å². The van der Waals surface area contributed by atoms with Gasteiger partial charge in [0.2, 0.25) is 0 Å². The van der Waals surface area contributed by atoms with Crippen molar-refractivity contribution in [1.82, 2.24) is 5.32 Å². The molecule has 1 rings (SSSR count). The number of likely N-dealkylation sites (N-methyl/N-ethyl adjacent to an activating group) is 1. The Balaban J connectivity index is 2.70. The minimum atomic E-state index is -1.06. The third-order valence-electron chi connectivity index (χ3n) is 2.63. The maximum absolute atomic E-state index is 9.91. The number of aliphatic hydroxyl groups excluding tert-OH is 2.